The summed E-state index contributed by atoms with van der Waals surface area (Å²) in [5.74, 6) is -0.230. The van der Waals surface area contributed by atoms with Crippen LogP contribution in [-0.4, -0.2) is 50.4 Å². The van der Waals surface area contributed by atoms with Crippen LogP contribution in [0.4, 0.5) is 5.82 Å². The number of hydrogen-bond acceptors (Lipinski definition) is 5. The number of carbonyl (C=O) groups is 1. The highest BCUT2D eigenvalue weighted by Gasteiger charge is 2.22. The molecule has 2 heterocycles. The third-order valence-corrected chi connectivity index (χ3v) is 4.12. The molecule has 1 aliphatic heterocycles. The van der Waals surface area contributed by atoms with Crippen LogP contribution in [0.15, 0.2) is 18.2 Å². The summed E-state index contributed by atoms with van der Waals surface area (Å²) in [4.78, 5) is 17.1. The van der Waals surface area contributed by atoms with Crippen molar-refractivity contribution in [2.45, 2.75) is 12.8 Å². The van der Waals surface area contributed by atoms with E-state index in [0.717, 1.165) is 25.6 Å². The molecule has 116 valence electrons. The highest BCUT2D eigenvalue weighted by molar-refractivity contribution is 7.88. The molecule has 1 aliphatic rings. The molecule has 0 amide bonds. The summed E-state index contributed by atoms with van der Waals surface area (Å²) in [6.45, 7) is 1.86. The van der Waals surface area contributed by atoms with Crippen molar-refractivity contribution in [3.8, 4) is 0 Å². The first-order valence-corrected chi connectivity index (χ1v) is 8.64. The quantitative estimate of drug-likeness (QED) is 0.823. The predicted octanol–water partition coefficient (Wildman–Crippen LogP) is 0.545. The smallest absolute Gasteiger partial charge is 0.354 e. The Morgan fingerprint density at radius 1 is 1.52 bits per heavy atom. The van der Waals surface area contributed by atoms with Crippen LogP contribution in [-0.2, 0) is 10.0 Å². The number of rotatable bonds is 5. The van der Waals surface area contributed by atoms with E-state index < -0.39 is 16.0 Å². The Hall–Kier alpha value is -1.67. The van der Waals surface area contributed by atoms with Crippen molar-refractivity contribution in [3.63, 3.8) is 0 Å². The third kappa shape index (κ3) is 4.68. The summed E-state index contributed by atoms with van der Waals surface area (Å²) in [5.41, 5.74) is 0.0175. The van der Waals surface area contributed by atoms with E-state index in [1.54, 1.807) is 12.1 Å². The molecule has 0 bridgehead atoms. The van der Waals surface area contributed by atoms with Crippen LogP contribution in [0.3, 0.4) is 0 Å². The number of aromatic nitrogens is 1. The molecule has 8 heteroatoms. The molecule has 1 unspecified atom stereocenters. The summed E-state index contributed by atoms with van der Waals surface area (Å²) in [7, 11) is -3.19. The molecule has 1 saturated heterocycles. The van der Waals surface area contributed by atoms with Crippen molar-refractivity contribution < 1.29 is 18.3 Å². The van der Waals surface area contributed by atoms with Gasteiger partial charge in [0.2, 0.25) is 10.0 Å². The molecule has 0 aromatic carbocycles. The van der Waals surface area contributed by atoms with Crippen LogP contribution in [0, 0.1) is 5.92 Å². The molecular weight excluding hydrogens is 294 g/mol. The minimum Gasteiger partial charge on any atom is -0.477 e. The predicted molar refractivity (Wildman–Crippen MR) is 79.0 cm³/mol. The lowest BCUT2D eigenvalue weighted by molar-refractivity contribution is 0.0690. The Bertz CT molecular complexity index is 618. The number of nitrogens with zero attached hydrogens (tertiary/aromatic N) is 2. The lowest BCUT2D eigenvalue weighted by Gasteiger charge is -2.33. The van der Waals surface area contributed by atoms with E-state index in [1.807, 2.05) is 4.90 Å². The van der Waals surface area contributed by atoms with E-state index in [0.29, 0.717) is 18.9 Å². The van der Waals surface area contributed by atoms with Gasteiger partial charge < -0.3 is 10.0 Å². The van der Waals surface area contributed by atoms with Gasteiger partial charge in [-0.15, -0.1) is 0 Å². The molecule has 21 heavy (non-hydrogen) atoms. The fourth-order valence-corrected chi connectivity index (χ4v) is 2.97. The van der Waals surface area contributed by atoms with Crippen LogP contribution in [0.25, 0.3) is 0 Å². The SMILES string of the molecule is CS(=O)(=O)NCC1CCCN(c2cccc(C(=O)O)n2)C1. The average Bonchev–Trinajstić information content (AvgIpc) is 2.45. The molecule has 1 fully saturated rings. The van der Waals surface area contributed by atoms with E-state index in [2.05, 4.69) is 9.71 Å². The zero-order valence-corrected chi connectivity index (χ0v) is 12.6. The normalized spacial score (nSPS) is 19.5. The number of pyridine rings is 1. The monoisotopic (exact) mass is 313 g/mol. The Balaban J connectivity index is 2.03. The molecular formula is C13H19N3O4S. The second-order valence-corrected chi connectivity index (χ2v) is 7.09. The topological polar surface area (TPSA) is 99.6 Å². The Kier molecular flexibility index (Phi) is 4.79. The zero-order valence-electron chi connectivity index (χ0n) is 11.8. The van der Waals surface area contributed by atoms with Gasteiger partial charge in [-0.05, 0) is 30.9 Å². The van der Waals surface area contributed by atoms with E-state index in [9.17, 15) is 13.2 Å². The second-order valence-electron chi connectivity index (χ2n) is 5.26. The van der Waals surface area contributed by atoms with Gasteiger partial charge in [-0.25, -0.2) is 22.9 Å². The number of aromatic carboxylic acids is 1. The molecule has 0 saturated carbocycles. The van der Waals surface area contributed by atoms with Crippen molar-refractivity contribution in [1.82, 2.24) is 9.71 Å². The number of carboxylic acid groups (broad SMARTS) is 1. The lowest BCUT2D eigenvalue weighted by Crippen LogP contribution is -2.41. The molecule has 0 aliphatic carbocycles. The van der Waals surface area contributed by atoms with Crippen molar-refractivity contribution in [3.05, 3.63) is 23.9 Å². The number of sulfonamides is 1. The standard InChI is InChI=1S/C13H19N3O4S/c1-21(19,20)14-8-10-4-3-7-16(9-10)12-6-2-5-11(15-12)13(17)18/h2,5-6,10,14H,3-4,7-9H2,1H3,(H,17,18). The number of piperidine rings is 1. The zero-order chi connectivity index (χ0) is 15.5. The molecule has 0 spiro atoms. The van der Waals surface area contributed by atoms with Gasteiger partial charge in [0.25, 0.3) is 0 Å². The number of carboxylic acids is 1. The molecule has 1 aromatic rings. The molecule has 7 nitrogen and oxygen atoms in total. The third-order valence-electron chi connectivity index (χ3n) is 3.43. The van der Waals surface area contributed by atoms with Crippen LogP contribution in [0.5, 0.6) is 0 Å². The number of anilines is 1. The van der Waals surface area contributed by atoms with E-state index >= 15 is 0 Å². The van der Waals surface area contributed by atoms with Crippen molar-refractivity contribution in [2.24, 2.45) is 5.92 Å². The van der Waals surface area contributed by atoms with E-state index in [1.165, 1.54) is 6.07 Å². The van der Waals surface area contributed by atoms with Crippen molar-refractivity contribution >= 4 is 21.8 Å². The highest BCUT2D eigenvalue weighted by atomic mass is 32.2. The maximum absolute atomic E-state index is 11.1. The second kappa shape index (κ2) is 6.40. The summed E-state index contributed by atoms with van der Waals surface area (Å²) < 4.78 is 24.8. The van der Waals surface area contributed by atoms with E-state index in [-0.39, 0.29) is 11.6 Å². The maximum atomic E-state index is 11.1. The fourth-order valence-electron chi connectivity index (χ4n) is 2.43. The first-order valence-electron chi connectivity index (χ1n) is 6.75. The molecule has 2 N–H and O–H groups in total. The van der Waals surface area contributed by atoms with Crippen LogP contribution >= 0.6 is 0 Å². The van der Waals surface area contributed by atoms with Gasteiger partial charge in [-0.3, -0.25) is 0 Å². The summed E-state index contributed by atoms with van der Waals surface area (Å²) in [6.07, 6.45) is 3.01. The molecule has 0 radical (unpaired) electrons. The van der Waals surface area contributed by atoms with Crippen LogP contribution in [0.1, 0.15) is 23.3 Å². The summed E-state index contributed by atoms with van der Waals surface area (Å²) in [5, 5.41) is 8.98. The van der Waals surface area contributed by atoms with Crippen LogP contribution < -0.4 is 9.62 Å². The van der Waals surface area contributed by atoms with Gasteiger partial charge in [0.15, 0.2) is 5.69 Å². The number of nitrogens with one attached hydrogen (secondary N) is 1. The molecule has 1 atom stereocenters. The number of hydrogen-bond donors (Lipinski definition) is 2. The Morgan fingerprint density at radius 3 is 2.95 bits per heavy atom. The van der Waals surface area contributed by atoms with Crippen molar-refractivity contribution in [1.29, 1.82) is 0 Å². The van der Waals surface area contributed by atoms with Crippen LogP contribution in [0.2, 0.25) is 0 Å². The van der Waals surface area contributed by atoms with Gasteiger partial charge in [0.05, 0.1) is 6.26 Å². The molecule has 1 aromatic heterocycles. The molecule has 2 rings (SSSR count). The van der Waals surface area contributed by atoms with Gasteiger partial charge in [0.1, 0.15) is 5.82 Å². The first kappa shape index (κ1) is 15.7. The minimum absolute atomic E-state index is 0.0175. The van der Waals surface area contributed by atoms with Crippen molar-refractivity contribution in [2.75, 3.05) is 30.8 Å². The minimum atomic E-state index is -3.19. The largest absolute Gasteiger partial charge is 0.477 e. The first-order chi connectivity index (χ1) is 9.85. The summed E-state index contributed by atoms with van der Waals surface area (Å²) in [6, 6.07) is 4.90. The van der Waals surface area contributed by atoms with Gasteiger partial charge in [-0.1, -0.05) is 6.07 Å². The Morgan fingerprint density at radius 2 is 2.29 bits per heavy atom. The fraction of sp³-hybridized carbons (Fsp3) is 0.538. The van der Waals surface area contributed by atoms with Gasteiger partial charge in [0, 0.05) is 19.6 Å². The van der Waals surface area contributed by atoms with Gasteiger partial charge in [-0.2, -0.15) is 0 Å². The maximum Gasteiger partial charge on any atom is 0.354 e. The highest BCUT2D eigenvalue weighted by Crippen LogP contribution is 2.21. The van der Waals surface area contributed by atoms with E-state index in [4.69, 9.17) is 5.11 Å². The average molecular weight is 313 g/mol. The van der Waals surface area contributed by atoms with Gasteiger partial charge >= 0.3 is 5.97 Å². The summed E-state index contributed by atoms with van der Waals surface area (Å²) >= 11 is 0. The Labute approximate surface area is 124 Å². The lowest BCUT2D eigenvalue weighted by atomic mass is 9.98.